The van der Waals surface area contributed by atoms with Crippen molar-refractivity contribution in [2.24, 2.45) is 0 Å². The Morgan fingerprint density at radius 2 is 1.88 bits per heavy atom. The number of aryl methyl sites for hydroxylation is 3. The molecule has 0 spiro atoms. The summed E-state index contributed by atoms with van der Waals surface area (Å²) < 4.78 is 2.11. The zero-order valence-electron chi connectivity index (χ0n) is 9.44. The van der Waals surface area contributed by atoms with E-state index in [1.54, 1.807) is 11.3 Å². The van der Waals surface area contributed by atoms with Crippen molar-refractivity contribution in [1.29, 1.82) is 0 Å². The molecule has 0 atom stereocenters. The van der Waals surface area contributed by atoms with Crippen molar-refractivity contribution >= 4 is 27.6 Å². The molecule has 0 fully saturated rings. The summed E-state index contributed by atoms with van der Waals surface area (Å²) in [5.41, 5.74) is 2.36. The van der Waals surface area contributed by atoms with Crippen LogP contribution in [0.1, 0.15) is 14.6 Å². The van der Waals surface area contributed by atoms with Gasteiger partial charge in [0.05, 0.1) is 5.69 Å². The molecule has 3 rings (SSSR count). The lowest BCUT2D eigenvalue weighted by atomic mass is 10.2. The summed E-state index contributed by atoms with van der Waals surface area (Å²) in [6.07, 6.45) is 4.25. The van der Waals surface area contributed by atoms with Crippen LogP contribution in [0.4, 0.5) is 0 Å². The Hall–Kier alpha value is -1.13. The highest BCUT2D eigenvalue weighted by Gasteiger charge is 2.10. The molecule has 0 aliphatic heterocycles. The lowest BCUT2D eigenvalue weighted by Gasteiger charge is -1.91. The van der Waals surface area contributed by atoms with Crippen molar-refractivity contribution in [2.75, 3.05) is 0 Å². The van der Waals surface area contributed by atoms with Crippen molar-refractivity contribution in [3.05, 3.63) is 33.1 Å². The molecule has 3 heterocycles. The van der Waals surface area contributed by atoms with Gasteiger partial charge in [0.2, 0.25) is 0 Å². The van der Waals surface area contributed by atoms with E-state index in [2.05, 4.69) is 48.6 Å². The maximum atomic E-state index is 4.67. The van der Waals surface area contributed by atoms with E-state index in [-0.39, 0.29) is 0 Å². The topological polar surface area (TPSA) is 17.3 Å². The molecule has 3 aromatic rings. The van der Waals surface area contributed by atoms with Crippen molar-refractivity contribution in [1.82, 2.24) is 9.38 Å². The lowest BCUT2D eigenvalue weighted by Crippen LogP contribution is -1.75. The number of thiazole rings is 1. The molecule has 3 aromatic heterocycles. The Balaban J connectivity index is 2.18. The number of hydrogen-bond acceptors (Lipinski definition) is 3. The molecule has 16 heavy (non-hydrogen) atoms. The molecule has 0 radical (unpaired) electrons. The molecule has 0 aliphatic carbocycles. The van der Waals surface area contributed by atoms with Gasteiger partial charge in [0.1, 0.15) is 0 Å². The van der Waals surface area contributed by atoms with E-state index < -0.39 is 0 Å². The van der Waals surface area contributed by atoms with Crippen LogP contribution in [-0.2, 0) is 0 Å². The molecule has 0 N–H and O–H groups in total. The molecule has 0 saturated heterocycles. The molecule has 2 nitrogen and oxygen atoms in total. The summed E-state index contributed by atoms with van der Waals surface area (Å²) in [5.74, 6) is 0. The Morgan fingerprint density at radius 1 is 1.06 bits per heavy atom. The van der Waals surface area contributed by atoms with Gasteiger partial charge in [-0.25, -0.2) is 4.98 Å². The summed E-state index contributed by atoms with van der Waals surface area (Å²) in [4.78, 5) is 9.74. The van der Waals surface area contributed by atoms with Gasteiger partial charge in [0, 0.05) is 32.6 Å². The van der Waals surface area contributed by atoms with E-state index in [1.807, 2.05) is 11.3 Å². The largest absolute Gasteiger partial charge is 0.297 e. The SMILES string of the molecule is Cc1cc(-c2cn3cc(C)sc3n2)c(C)s1. The smallest absolute Gasteiger partial charge is 0.194 e. The second-order valence-electron chi connectivity index (χ2n) is 3.98. The van der Waals surface area contributed by atoms with Gasteiger partial charge in [-0.1, -0.05) is 0 Å². The highest BCUT2D eigenvalue weighted by Crippen LogP contribution is 2.31. The first-order valence-electron chi connectivity index (χ1n) is 5.16. The molecule has 0 bridgehead atoms. The van der Waals surface area contributed by atoms with E-state index >= 15 is 0 Å². The third-order valence-corrected chi connectivity index (χ3v) is 4.47. The first kappa shape index (κ1) is 10.1. The fraction of sp³-hybridized carbons (Fsp3) is 0.250. The van der Waals surface area contributed by atoms with Crippen LogP contribution in [0.15, 0.2) is 18.5 Å². The van der Waals surface area contributed by atoms with E-state index in [4.69, 9.17) is 0 Å². The molecule has 82 valence electrons. The zero-order chi connectivity index (χ0) is 11.3. The average Bonchev–Trinajstić information content (AvgIpc) is 2.78. The monoisotopic (exact) mass is 248 g/mol. The van der Waals surface area contributed by atoms with Crippen LogP contribution in [0.3, 0.4) is 0 Å². The quantitative estimate of drug-likeness (QED) is 0.635. The lowest BCUT2D eigenvalue weighted by molar-refractivity contribution is 1.22. The fourth-order valence-corrected chi connectivity index (χ4v) is 3.67. The molecular weight excluding hydrogens is 236 g/mol. The minimum absolute atomic E-state index is 1.08. The first-order chi connectivity index (χ1) is 7.63. The van der Waals surface area contributed by atoms with E-state index in [0.717, 1.165) is 10.7 Å². The van der Waals surface area contributed by atoms with Crippen molar-refractivity contribution in [3.63, 3.8) is 0 Å². The van der Waals surface area contributed by atoms with Crippen LogP contribution in [0, 0.1) is 20.8 Å². The van der Waals surface area contributed by atoms with Crippen LogP contribution >= 0.6 is 22.7 Å². The van der Waals surface area contributed by atoms with Crippen LogP contribution < -0.4 is 0 Å². The molecule has 0 aliphatic rings. The van der Waals surface area contributed by atoms with Gasteiger partial charge in [-0.2, -0.15) is 0 Å². The summed E-state index contributed by atoms with van der Waals surface area (Å²) in [6.45, 7) is 6.41. The number of rotatable bonds is 1. The minimum atomic E-state index is 1.08. The van der Waals surface area contributed by atoms with Gasteiger partial charge in [0.25, 0.3) is 0 Å². The fourth-order valence-electron chi connectivity index (χ4n) is 1.93. The second kappa shape index (κ2) is 3.43. The molecule has 0 saturated carbocycles. The number of fused-ring (bicyclic) bond motifs is 1. The van der Waals surface area contributed by atoms with Crippen LogP contribution in [-0.4, -0.2) is 9.38 Å². The summed E-state index contributed by atoms with van der Waals surface area (Å²) in [6, 6.07) is 2.22. The van der Waals surface area contributed by atoms with Crippen molar-refractivity contribution in [3.8, 4) is 11.3 Å². The highest BCUT2D eigenvalue weighted by molar-refractivity contribution is 7.17. The third-order valence-electron chi connectivity index (χ3n) is 2.59. The van der Waals surface area contributed by atoms with Crippen molar-refractivity contribution < 1.29 is 0 Å². The number of aromatic nitrogens is 2. The van der Waals surface area contributed by atoms with Gasteiger partial charge in [0.15, 0.2) is 4.96 Å². The van der Waals surface area contributed by atoms with Crippen LogP contribution in [0.25, 0.3) is 16.2 Å². The Bertz CT molecular complexity index is 626. The van der Waals surface area contributed by atoms with Gasteiger partial charge in [-0.3, -0.25) is 4.40 Å². The van der Waals surface area contributed by atoms with Gasteiger partial charge < -0.3 is 0 Å². The molecule has 0 aromatic carbocycles. The molecule has 0 unspecified atom stereocenters. The third kappa shape index (κ3) is 1.49. The average molecular weight is 248 g/mol. The Morgan fingerprint density at radius 3 is 2.50 bits per heavy atom. The maximum Gasteiger partial charge on any atom is 0.194 e. The standard InChI is InChI=1S/C12H12N2S2/c1-7-4-10(9(3)15-7)11-6-14-5-8(2)16-12(14)13-11/h4-6H,1-3H3. The Kier molecular flexibility index (Phi) is 2.16. The predicted molar refractivity (Wildman–Crippen MR) is 70.6 cm³/mol. The van der Waals surface area contributed by atoms with Gasteiger partial charge >= 0.3 is 0 Å². The normalized spacial score (nSPS) is 11.4. The van der Waals surface area contributed by atoms with E-state index in [0.29, 0.717) is 0 Å². The van der Waals surface area contributed by atoms with E-state index in [1.165, 1.54) is 20.2 Å². The summed E-state index contributed by atoms with van der Waals surface area (Å²) >= 11 is 3.57. The summed E-state index contributed by atoms with van der Waals surface area (Å²) in [7, 11) is 0. The predicted octanol–water partition coefficient (Wildman–Crippen LogP) is 4.05. The number of nitrogens with zero attached hydrogens (tertiary/aromatic N) is 2. The highest BCUT2D eigenvalue weighted by atomic mass is 32.1. The van der Waals surface area contributed by atoms with Crippen LogP contribution in [0.2, 0.25) is 0 Å². The number of imidazole rings is 1. The molecular formula is C12H12N2S2. The maximum absolute atomic E-state index is 4.67. The van der Waals surface area contributed by atoms with Crippen LogP contribution in [0.5, 0.6) is 0 Å². The summed E-state index contributed by atoms with van der Waals surface area (Å²) in [5, 5.41) is 0. The van der Waals surface area contributed by atoms with E-state index in [9.17, 15) is 0 Å². The number of thiophene rings is 1. The van der Waals surface area contributed by atoms with Crippen molar-refractivity contribution in [2.45, 2.75) is 20.8 Å². The van der Waals surface area contributed by atoms with Gasteiger partial charge in [-0.15, -0.1) is 22.7 Å². The molecule has 0 amide bonds. The second-order valence-corrected chi connectivity index (χ2v) is 6.66. The molecule has 4 heteroatoms. The zero-order valence-corrected chi connectivity index (χ0v) is 11.1. The van der Waals surface area contributed by atoms with Gasteiger partial charge in [-0.05, 0) is 26.8 Å². The minimum Gasteiger partial charge on any atom is -0.297 e. The first-order valence-corrected chi connectivity index (χ1v) is 6.79. The number of hydrogen-bond donors (Lipinski definition) is 0. The Labute approximate surface area is 102 Å².